The zero-order valence-electron chi connectivity index (χ0n) is 43.0. The molecule has 5 N–H and O–H groups in total. The number of nitrogens with zero attached hydrogens (tertiary/aromatic N) is 6. The zero-order valence-corrected chi connectivity index (χ0v) is 44.6. The van der Waals surface area contributed by atoms with Crippen molar-refractivity contribution in [1.29, 1.82) is 0 Å². The Bertz CT molecular complexity index is 2950. The number of nitrogens with one attached hydrogen (secondary N) is 4. The molecular formula is C54H65ClN10O9S. The molecule has 1 saturated heterocycles. The number of para-hydroxylation sites is 1. The maximum atomic E-state index is 14.1. The van der Waals surface area contributed by atoms with Crippen LogP contribution in [0.15, 0.2) is 84.5 Å². The maximum absolute atomic E-state index is 14.1. The summed E-state index contributed by atoms with van der Waals surface area (Å²) in [6.45, 7) is 12.0. The number of aromatic nitrogens is 5. The maximum Gasteiger partial charge on any atom is 0.328 e. The average Bonchev–Trinajstić information content (AvgIpc) is 4.24. The van der Waals surface area contributed by atoms with Crippen molar-refractivity contribution in [2.45, 2.75) is 96.9 Å². The lowest BCUT2D eigenvalue weighted by Gasteiger charge is -2.40. The summed E-state index contributed by atoms with van der Waals surface area (Å²) in [6.07, 6.45) is 1.33. The highest BCUT2D eigenvalue weighted by atomic mass is 35.5. The number of aliphatic hydroxyl groups is 1. The molecule has 0 bridgehead atoms. The molecule has 0 unspecified atom stereocenters. The van der Waals surface area contributed by atoms with E-state index in [1.807, 2.05) is 88.7 Å². The van der Waals surface area contributed by atoms with Crippen LogP contribution in [0.1, 0.15) is 90.3 Å². The number of thiazole rings is 1. The highest BCUT2D eigenvalue weighted by Crippen LogP contribution is 2.41. The number of carbonyl (C=O) groups excluding carboxylic acids is 5. The Morgan fingerprint density at radius 3 is 2.39 bits per heavy atom. The molecule has 4 amide bonds. The lowest BCUT2D eigenvalue weighted by molar-refractivity contribution is -0.154. The van der Waals surface area contributed by atoms with Gasteiger partial charge in [0, 0.05) is 48.1 Å². The van der Waals surface area contributed by atoms with Crippen LogP contribution in [0.5, 0.6) is 0 Å². The number of methoxy groups -OCH3 is 1. The first-order valence-corrected chi connectivity index (χ1v) is 26.5. The van der Waals surface area contributed by atoms with E-state index < -0.39 is 47.6 Å². The van der Waals surface area contributed by atoms with Gasteiger partial charge in [0.2, 0.25) is 17.7 Å². The summed E-state index contributed by atoms with van der Waals surface area (Å²) in [4.78, 5) is 79.4. The molecule has 398 valence electrons. The second kappa shape index (κ2) is 24.4. The van der Waals surface area contributed by atoms with E-state index in [-0.39, 0.29) is 55.6 Å². The van der Waals surface area contributed by atoms with E-state index in [1.54, 1.807) is 46.5 Å². The summed E-state index contributed by atoms with van der Waals surface area (Å²) >= 11 is 7.68. The number of fused-ring (bicyclic) bond motifs is 3. The number of hydrogen-bond acceptors (Lipinski definition) is 14. The van der Waals surface area contributed by atoms with Crippen LogP contribution in [0, 0.1) is 12.3 Å². The molecule has 1 fully saturated rings. The third kappa shape index (κ3) is 12.8. The number of carbonyl (C=O) groups is 5. The highest BCUT2D eigenvalue weighted by Gasteiger charge is 2.45. The minimum Gasteiger partial charge on any atom is -0.467 e. The number of rotatable bonds is 21. The average molecular weight is 1070 g/mol. The molecular weight excluding hydrogens is 1000 g/mol. The Hall–Kier alpha value is -6.55. The Morgan fingerprint density at radius 1 is 0.960 bits per heavy atom. The number of β-amino-alcohol motifs (C(OH)–C–C–N with tert-alkyl or cyclic N) is 1. The number of alkyl halides is 1. The van der Waals surface area contributed by atoms with Crippen molar-refractivity contribution < 1.29 is 43.3 Å². The van der Waals surface area contributed by atoms with E-state index >= 15 is 0 Å². The van der Waals surface area contributed by atoms with Gasteiger partial charge in [0.1, 0.15) is 23.7 Å². The number of likely N-dealkylation sites (tertiary alicyclic amines) is 1. The van der Waals surface area contributed by atoms with Gasteiger partial charge in [-0.1, -0.05) is 80.6 Å². The molecule has 0 spiro atoms. The topological polar surface area (TPSA) is 235 Å². The monoisotopic (exact) mass is 1060 g/mol. The largest absolute Gasteiger partial charge is 0.467 e. The summed E-state index contributed by atoms with van der Waals surface area (Å²) < 4.78 is 18.3. The summed E-state index contributed by atoms with van der Waals surface area (Å²) in [5.74, 6) is -2.20. The van der Waals surface area contributed by atoms with Gasteiger partial charge in [0.25, 0.3) is 5.91 Å². The number of hydrogen-bond donors (Lipinski definition) is 5. The Balaban J connectivity index is 0.750. The molecule has 2 aliphatic rings. The van der Waals surface area contributed by atoms with Crippen molar-refractivity contribution in [1.82, 2.24) is 50.7 Å². The molecule has 19 nitrogen and oxygen atoms in total. The second-order valence-electron chi connectivity index (χ2n) is 19.9. The smallest absolute Gasteiger partial charge is 0.328 e. The third-order valence-corrected chi connectivity index (χ3v) is 14.9. The number of esters is 1. The number of halogens is 1. The summed E-state index contributed by atoms with van der Waals surface area (Å²) in [5.41, 5.74) is 8.45. The lowest BCUT2D eigenvalue weighted by atomic mass is 9.85. The van der Waals surface area contributed by atoms with Gasteiger partial charge >= 0.3 is 5.97 Å². The van der Waals surface area contributed by atoms with Crippen molar-refractivity contribution in [2.75, 3.05) is 52.5 Å². The fourth-order valence-electron chi connectivity index (χ4n) is 9.84. The summed E-state index contributed by atoms with van der Waals surface area (Å²) in [6, 6.07) is 19.3. The number of H-pyrrole nitrogens is 1. The Labute approximate surface area is 444 Å². The fraction of sp³-hybridized carbons (Fsp3) is 0.444. The normalized spacial score (nSPS) is 18.4. The van der Waals surface area contributed by atoms with Gasteiger partial charge in [-0.2, -0.15) is 0 Å². The quantitative estimate of drug-likeness (QED) is 0.0353. The lowest BCUT2D eigenvalue weighted by Crippen LogP contribution is -2.57. The van der Waals surface area contributed by atoms with Gasteiger partial charge in [-0.3, -0.25) is 19.2 Å². The Morgan fingerprint density at radius 2 is 1.69 bits per heavy atom. The van der Waals surface area contributed by atoms with Crippen LogP contribution >= 0.6 is 22.9 Å². The third-order valence-electron chi connectivity index (χ3n) is 13.7. The molecule has 6 atom stereocenters. The first-order chi connectivity index (χ1) is 36.1. The van der Waals surface area contributed by atoms with E-state index in [1.165, 1.54) is 16.9 Å². The van der Waals surface area contributed by atoms with Crippen molar-refractivity contribution in [2.24, 2.45) is 5.41 Å². The van der Waals surface area contributed by atoms with Crippen LogP contribution < -0.4 is 16.0 Å². The van der Waals surface area contributed by atoms with E-state index in [2.05, 4.69) is 36.2 Å². The predicted octanol–water partition coefficient (Wildman–Crippen LogP) is 5.25. The van der Waals surface area contributed by atoms with Crippen molar-refractivity contribution in [3.8, 4) is 10.4 Å². The molecule has 2 aliphatic heterocycles. The van der Waals surface area contributed by atoms with Crippen LogP contribution in [0.25, 0.3) is 21.3 Å². The zero-order chi connectivity index (χ0) is 53.4. The van der Waals surface area contributed by atoms with E-state index in [0.29, 0.717) is 56.3 Å². The van der Waals surface area contributed by atoms with Crippen LogP contribution in [0.3, 0.4) is 0 Å². The predicted molar refractivity (Wildman–Crippen MR) is 283 cm³/mol. The Kier molecular flexibility index (Phi) is 17.8. The number of benzene rings is 3. The first-order valence-electron chi connectivity index (χ1n) is 25.1. The second-order valence-corrected chi connectivity index (χ2v) is 21.0. The number of aliphatic hydroxyl groups excluding tert-OH is 1. The number of aromatic amines is 1. The van der Waals surface area contributed by atoms with Crippen LogP contribution in [0.2, 0.25) is 0 Å². The van der Waals surface area contributed by atoms with Crippen LogP contribution in [-0.2, 0) is 52.9 Å². The number of amides is 4. The molecule has 0 radical (unpaired) electrons. The molecule has 0 saturated carbocycles. The fourth-order valence-corrected chi connectivity index (χ4v) is 10.8. The molecule has 8 rings (SSSR count). The SMILES string of the molecule is COC(=O)[C@H]1Cc2c([nH]c3ccccc23)[C@H](c2ccc(C(=O)NCc3cn(CCOCCOCCN[C@H](C(=O)N4C[C@H](O)C[C@H]4C(=O)N[C@@H](C)c4ccc(-c5scnc5C)cc4)C(C)(C)C)nn3)cc2)N1C(=O)CCl. The van der Waals surface area contributed by atoms with Crippen molar-refractivity contribution in [3.05, 3.63) is 124 Å². The molecule has 0 aliphatic carbocycles. The molecule has 3 aromatic carbocycles. The van der Waals surface area contributed by atoms with Crippen molar-refractivity contribution >= 4 is 63.4 Å². The highest BCUT2D eigenvalue weighted by molar-refractivity contribution is 7.13. The molecule has 6 aromatic rings. The van der Waals surface area contributed by atoms with Crippen molar-refractivity contribution in [3.63, 3.8) is 0 Å². The summed E-state index contributed by atoms with van der Waals surface area (Å²) in [7, 11) is 1.30. The van der Waals surface area contributed by atoms with E-state index in [4.69, 9.17) is 25.8 Å². The molecule has 3 aromatic heterocycles. The van der Waals surface area contributed by atoms with Crippen LogP contribution in [-0.4, -0.2) is 146 Å². The van der Waals surface area contributed by atoms with Gasteiger partial charge in [-0.05, 0) is 59.7 Å². The standard InChI is InChI=1S/C54H65ClN10O9S/c1-32(34-11-15-36(16-12-34)48-33(2)58-31-75-48)59-51(69)43-25-39(66)30-64(43)52(70)49(54(3,4)5)56-19-21-73-23-24-74-22-20-63-29-38(61-62-63)28-57-50(68)37-17-13-35(14-18-37)47-46-41(40-9-7-8-10-42(40)60-46)26-44(53(71)72-6)65(47)45(67)27-55/h7-18,29,31-32,39,43-44,47,49,56,60,66H,19-28,30H2,1-6H3,(H,57,68)(H,59,69)/t32-,39+,43-,44+,47-,49+/m0/s1. The summed E-state index contributed by atoms with van der Waals surface area (Å²) in [5, 5.41) is 29.2. The van der Waals surface area contributed by atoms with Gasteiger partial charge in [0.15, 0.2) is 0 Å². The first kappa shape index (κ1) is 54.7. The molecule has 5 heterocycles. The van der Waals surface area contributed by atoms with E-state index in [9.17, 15) is 29.1 Å². The molecule has 21 heteroatoms. The number of ether oxygens (including phenoxy) is 3. The van der Waals surface area contributed by atoms with Gasteiger partial charge in [-0.15, -0.1) is 28.0 Å². The van der Waals surface area contributed by atoms with Gasteiger partial charge in [-0.25, -0.2) is 14.5 Å². The van der Waals surface area contributed by atoms with Gasteiger partial charge < -0.3 is 50.1 Å². The minimum absolute atomic E-state index is 0.0682. The minimum atomic E-state index is -0.898. The molecule has 75 heavy (non-hydrogen) atoms. The van der Waals surface area contributed by atoms with E-state index in [0.717, 1.165) is 43.9 Å². The number of aryl methyl sites for hydroxylation is 1. The van der Waals surface area contributed by atoms with Crippen LogP contribution in [0.4, 0.5) is 0 Å². The van der Waals surface area contributed by atoms with Gasteiger partial charge in [0.05, 0.1) is 93.1 Å².